The van der Waals surface area contributed by atoms with Gasteiger partial charge in [0.25, 0.3) is 0 Å². The summed E-state index contributed by atoms with van der Waals surface area (Å²) in [5.41, 5.74) is 2.22. The Morgan fingerprint density at radius 3 is 2.56 bits per heavy atom. The average molecular weight is 451 g/mol. The molecule has 164 valence electrons. The summed E-state index contributed by atoms with van der Waals surface area (Å²) in [5.74, 6) is -1.96. The number of hydrogen-bond acceptors (Lipinski definition) is 5. The summed E-state index contributed by atoms with van der Waals surface area (Å²) < 4.78 is 5.08. The average Bonchev–Trinajstić information content (AvgIpc) is 3.27. The summed E-state index contributed by atoms with van der Waals surface area (Å²) in [7, 11) is 1.59. The number of carbonyl (C=O) groups excluding carboxylic acids is 3. The summed E-state index contributed by atoms with van der Waals surface area (Å²) in [4.78, 5) is 43.9. The predicted molar refractivity (Wildman–Crippen MR) is 122 cm³/mol. The lowest BCUT2D eigenvalue weighted by atomic mass is 9.86. The van der Waals surface area contributed by atoms with Gasteiger partial charge in [0.05, 0.1) is 17.9 Å². The van der Waals surface area contributed by atoms with Crippen molar-refractivity contribution in [3.05, 3.63) is 70.8 Å². The molecule has 0 bridgehead atoms. The highest BCUT2D eigenvalue weighted by molar-refractivity contribution is 6.30. The van der Waals surface area contributed by atoms with E-state index in [2.05, 4.69) is 0 Å². The minimum Gasteiger partial charge on any atom is -0.385 e. The summed E-state index contributed by atoms with van der Waals surface area (Å²) in [6.45, 7) is 0.760. The number of amides is 2. The molecule has 0 saturated carbocycles. The van der Waals surface area contributed by atoms with Crippen molar-refractivity contribution in [2.45, 2.75) is 18.5 Å². The number of benzene rings is 2. The molecule has 3 heterocycles. The second-order valence-corrected chi connectivity index (χ2v) is 8.80. The van der Waals surface area contributed by atoms with Crippen LogP contribution in [0.25, 0.3) is 6.08 Å². The summed E-state index contributed by atoms with van der Waals surface area (Å²) in [6, 6.07) is 13.3. The van der Waals surface area contributed by atoms with Crippen LogP contribution in [0, 0.1) is 11.8 Å². The molecule has 6 nitrogen and oxygen atoms in total. The number of ether oxygens (including phenoxy) is 1. The van der Waals surface area contributed by atoms with Gasteiger partial charge in [0.1, 0.15) is 6.04 Å². The number of nitrogens with zero attached hydrogens (tertiary/aromatic N) is 2. The molecule has 32 heavy (non-hydrogen) atoms. The van der Waals surface area contributed by atoms with E-state index in [4.69, 9.17) is 16.3 Å². The largest absolute Gasteiger partial charge is 0.385 e. The van der Waals surface area contributed by atoms with Gasteiger partial charge in [-0.1, -0.05) is 54.1 Å². The van der Waals surface area contributed by atoms with Gasteiger partial charge in [-0.2, -0.15) is 0 Å². The molecule has 7 heteroatoms. The monoisotopic (exact) mass is 450 g/mol. The smallest absolute Gasteiger partial charge is 0.235 e. The zero-order valence-corrected chi connectivity index (χ0v) is 18.4. The maximum Gasteiger partial charge on any atom is 0.235 e. The van der Waals surface area contributed by atoms with Crippen LogP contribution in [0.2, 0.25) is 5.02 Å². The molecule has 0 unspecified atom stereocenters. The molecule has 3 aliphatic rings. The first-order valence-corrected chi connectivity index (χ1v) is 11.1. The number of rotatable bonds is 6. The number of hydrogen-bond donors (Lipinski definition) is 0. The number of ketones is 1. The Morgan fingerprint density at radius 2 is 1.81 bits per heavy atom. The first kappa shape index (κ1) is 20.9. The molecule has 0 aliphatic carbocycles. The van der Waals surface area contributed by atoms with Gasteiger partial charge < -0.3 is 9.64 Å². The Kier molecular flexibility index (Phi) is 5.35. The molecule has 2 aromatic rings. The van der Waals surface area contributed by atoms with E-state index in [-0.39, 0.29) is 23.6 Å². The van der Waals surface area contributed by atoms with E-state index in [0.717, 1.165) is 11.3 Å². The third-order valence-electron chi connectivity index (χ3n) is 6.62. The first-order chi connectivity index (χ1) is 15.5. The van der Waals surface area contributed by atoms with Gasteiger partial charge in [-0.3, -0.25) is 19.3 Å². The van der Waals surface area contributed by atoms with Crippen molar-refractivity contribution in [1.82, 2.24) is 4.90 Å². The number of fused-ring (bicyclic) bond motifs is 5. The van der Waals surface area contributed by atoms with E-state index < -0.39 is 17.9 Å². The Balaban J connectivity index is 1.59. The van der Waals surface area contributed by atoms with Crippen molar-refractivity contribution in [2.24, 2.45) is 11.8 Å². The van der Waals surface area contributed by atoms with E-state index in [0.29, 0.717) is 30.2 Å². The molecule has 2 aromatic carbocycles. The normalized spacial score (nSPS) is 25.7. The summed E-state index contributed by atoms with van der Waals surface area (Å²) in [6.07, 6.45) is 4.43. The van der Waals surface area contributed by atoms with Gasteiger partial charge in [0.2, 0.25) is 11.8 Å². The highest BCUT2D eigenvalue weighted by atomic mass is 35.5. The molecule has 5 rings (SSSR count). The second-order valence-electron chi connectivity index (χ2n) is 8.36. The Labute approximate surface area is 191 Å². The lowest BCUT2D eigenvalue weighted by molar-refractivity contribution is -0.140. The van der Waals surface area contributed by atoms with Crippen LogP contribution in [0.4, 0.5) is 5.69 Å². The number of imide groups is 1. The minimum atomic E-state index is -0.763. The Morgan fingerprint density at radius 1 is 1.06 bits per heavy atom. The van der Waals surface area contributed by atoms with Gasteiger partial charge in [0.15, 0.2) is 5.78 Å². The zero-order chi connectivity index (χ0) is 22.4. The Hall–Kier alpha value is -2.96. The predicted octanol–water partition coefficient (Wildman–Crippen LogP) is 3.44. The minimum absolute atomic E-state index is 0.154. The molecule has 2 amide bonds. The maximum atomic E-state index is 13.7. The molecule has 0 aromatic heterocycles. The fraction of sp³-hybridized carbons (Fsp3) is 0.320. The lowest BCUT2D eigenvalue weighted by Gasteiger charge is -2.36. The second kappa shape index (κ2) is 8.19. The summed E-state index contributed by atoms with van der Waals surface area (Å²) in [5, 5.41) is 0.591. The van der Waals surface area contributed by atoms with E-state index >= 15 is 0 Å². The zero-order valence-electron chi connectivity index (χ0n) is 17.6. The van der Waals surface area contributed by atoms with Gasteiger partial charge in [-0.25, -0.2) is 0 Å². The van der Waals surface area contributed by atoms with Crippen molar-refractivity contribution in [3.8, 4) is 0 Å². The number of methoxy groups -OCH3 is 1. The fourth-order valence-electron chi connectivity index (χ4n) is 5.27. The van der Waals surface area contributed by atoms with Crippen molar-refractivity contribution < 1.29 is 19.1 Å². The van der Waals surface area contributed by atoms with Gasteiger partial charge >= 0.3 is 0 Å². The number of carbonyl (C=O) groups is 3. The third-order valence-corrected chi connectivity index (χ3v) is 6.85. The van der Waals surface area contributed by atoms with Crippen molar-refractivity contribution in [1.29, 1.82) is 0 Å². The quantitative estimate of drug-likeness (QED) is 0.383. The third kappa shape index (κ3) is 3.17. The standard InChI is InChI=1S/C25H23ClN2O4/c1-32-13-5-12-27-24(30)20-19-10-8-16-14-17(26)9-11-18(16)28(19)22(21(20)25(27)31)23(29)15-6-3-2-4-7-15/h2-4,6-11,14,19-22H,5,12-13H2,1H3/t19-,20-,21-,22-/m1/s1. The molecule has 2 saturated heterocycles. The van der Waals surface area contributed by atoms with Crippen molar-refractivity contribution in [2.75, 3.05) is 25.2 Å². The van der Waals surface area contributed by atoms with E-state index in [9.17, 15) is 14.4 Å². The van der Waals surface area contributed by atoms with Crippen LogP contribution in [0.5, 0.6) is 0 Å². The van der Waals surface area contributed by atoms with Crippen molar-refractivity contribution in [3.63, 3.8) is 0 Å². The lowest BCUT2D eigenvalue weighted by Crippen LogP contribution is -2.48. The van der Waals surface area contributed by atoms with Crippen LogP contribution >= 0.6 is 11.6 Å². The van der Waals surface area contributed by atoms with E-state index in [1.807, 2.05) is 35.3 Å². The molecule has 4 atom stereocenters. The molecule has 0 N–H and O–H groups in total. The fourth-order valence-corrected chi connectivity index (χ4v) is 5.45. The van der Waals surface area contributed by atoms with Crippen molar-refractivity contribution >= 4 is 41.0 Å². The first-order valence-electron chi connectivity index (χ1n) is 10.7. The summed E-state index contributed by atoms with van der Waals surface area (Å²) >= 11 is 6.19. The topological polar surface area (TPSA) is 66.9 Å². The molecule has 2 fully saturated rings. The number of likely N-dealkylation sites (tertiary alicyclic amines) is 1. The molecule has 0 spiro atoms. The molecule has 3 aliphatic heterocycles. The van der Waals surface area contributed by atoms with Crippen LogP contribution in [0.3, 0.4) is 0 Å². The highest BCUT2D eigenvalue weighted by Gasteiger charge is 2.63. The maximum absolute atomic E-state index is 13.7. The van der Waals surface area contributed by atoms with E-state index in [1.165, 1.54) is 4.90 Å². The van der Waals surface area contributed by atoms with Crippen LogP contribution in [-0.4, -0.2) is 54.8 Å². The van der Waals surface area contributed by atoms with Crippen LogP contribution in [-0.2, 0) is 14.3 Å². The van der Waals surface area contributed by atoms with Crippen LogP contribution in [0.15, 0.2) is 54.6 Å². The number of anilines is 1. The van der Waals surface area contributed by atoms with Crippen LogP contribution < -0.4 is 4.90 Å². The molecular formula is C25H23ClN2O4. The molecular weight excluding hydrogens is 428 g/mol. The SMILES string of the molecule is COCCCN1C(=O)[C@@H]2[C@H](C1=O)[C@H]1C=Cc3cc(Cl)ccc3N1[C@H]2C(=O)c1ccccc1. The highest BCUT2D eigenvalue weighted by Crippen LogP contribution is 2.49. The van der Waals surface area contributed by atoms with Gasteiger partial charge in [0, 0.05) is 36.5 Å². The Bertz CT molecular complexity index is 1120. The van der Waals surface area contributed by atoms with Gasteiger partial charge in [-0.15, -0.1) is 0 Å². The number of Topliss-reactive ketones (excluding diaryl/α,β-unsaturated/α-hetero) is 1. The number of halogens is 1. The van der Waals surface area contributed by atoms with Crippen LogP contribution in [0.1, 0.15) is 22.3 Å². The van der Waals surface area contributed by atoms with E-state index in [1.54, 1.807) is 37.4 Å². The van der Waals surface area contributed by atoms with Gasteiger partial charge in [-0.05, 0) is 30.2 Å². The molecule has 0 radical (unpaired) electrons.